The molecule has 4 aromatic heterocycles. The number of aryl methyl sites for hydroxylation is 4. The number of fused-ring (bicyclic) bond motifs is 6. The van der Waals surface area contributed by atoms with Gasteiger partial charge in [0, 0.05) is 66.3 Å². The van der Waals surface area contributed by atoms with Gasteiger partial charge < -0.3 is 9.13 Å². The fourth-order valence-corrected chi connectivity index (χ4v) is 15.1. The Hall–Kier alpha value is -14.1. The zero-order valence-corrected chi connectivity index (χ0v) is 60.1. The Labute approximate surface area is 627 Å². The molecule has 108 heavy (non-hydrogen) atoms. The molecule has 0 aliphatic heterocycles. The van der Waals surface area contributed by atoms with Crippen molar-refractivity contribution in [3.05, 3.63) is 374 Å². The topological polar surface area (TPSA) is 87.2 Å². The van der Waals surface area contributed by atoms with Crippen LogP contribution in [0.4, 0.5) is 0 Å². The van der Waals surface area contributed by atoms with Crippen molar-refractivity contribution in [2.75, 3.05) is 0 Å². The van der Waals surface area contributed by atoms with Crippen molar-refractivity contribution in [1.29, 1.82) is 0 Å². The standard InChI is InChI=1S/C100H70N8/c1-63-28-36-67(37-29-63)77-44-48-91-87(59-77)88-60-78(68-38-30-64(2)31-39-68)45-49-92(88)107(91)85-55-81(53-83(57-85)99-103-95(71-18-9-5-10-19-71)101-96(104-99)72-20-11-6-12-21-72)75-26-17-27-76(52-75)82-54-84(100-105-97(73-22-13-7-14-23-73)102-98(106-100)74-24-15-8-16-25-74)58-86(56-82)108-93-50-46-79(69-40-32-65(3)33-41-69)61-89(93)90-62-80(47-51-94(90)108)70-42-34-66(4)35-43-70/h5-62H,1-4H3. The van der Waals surface area contributed by atoms with Gasteiger partial charge >= 0.3 is 0 Å². The van der Waals surface area contributed by atoms with E-state index in [4.69, 9.17) is 29.9 Å². The lowest BCUT2D eigenvalue weighted by Crippen LogP contribution is -2.02. The molecule has 0 amide bonds. The van der Waals surface area contributed by atoms with Gasteiger partial charge in [-0.3, -0.25) is 0 Å². The largest absolute Gasteiger partial charge is 0.309 e. The first-order valence-corrected chi connectivity index (χ1v) is 36.7. The highest BCUT2D eigenvalue weighted by Crippen LogP contribution is 2.44. The summed E-state index contributed by atoms with van der Waals surface area (Å²) in [5.41, 5.74) is 29.5. The number of hydrogen-bond donors (Lipinski definition) is 0. The van der Waals surface area contributed by atoms with Gasteiger partial charge in [-0.05, 0) is 185 Å². The van der Waals surface area contributed by atoms with Gasteiger partial charge in [0.05, 0.1) is 22.1 Å². The summed E-state index contributed by atoms with van der Waals surface area (Å²) in [5, 5.41) is 4.58. The summed E-state index contributed by atoms with van der Waals surface area (Å²) in [5.74, 6) is 3.43. The Morgan fingerprint density at radius 1 is 0.157 bits per heavy atom. The van der Waals surface area contributed by atoms with E-state index in [2.05, 4.69) is 316 Å². The summed E-state index contributed by atoms with van der Waals surface area (Å²) in [6.45, 7) is 8.56. The van der Waals surface area contributed by atoms with Crippen molar-refractivity contribution >= 4 is 43.6 Å². The molecule has 0 bridgehead atoms. The molecule has 8 nitrogen and oxygen atoms in total. The van der Waals surface area contributed by atoms with Crippen molar-refractivity contribution in [3.63, 3.8) is 0 Å². The molecule has 0 aliphatic carbocycles. The summed E-state index contributed by atoms with van der Waals surface area (Å²) in [4.78, 5) is 32.0. The molecule has 15 aromatic carbocycles. The minimum Gasteiger partial charge on any atom is -0.309 e. The van der Waals surface area contributed by atoms with Crippen LogP contribution >= 0.6 is 0 Å². The smallest absolute Gasteiger partial charge is 0.164 e. The molecule has 8 heteroatoms. The van der Waals surface area contributed by atoms with Crippen molar-refractivity contribution in [1.82, 2.24) is 39.0 Å². The Bertz CT molecular complexity index is 5920. The van der Waals surface area contributed by atoms with Gasteiger partial charge in [0.1, 0.15) is 0 Å². The first-order valence-electron chi connectivity index (χ1n) is 36.7. The average molecular weight is 1380 g/mol. The lowest BCUT2D eigenvalue weighted by Gasteiger charge is -2.16. The maximum absolute atomic E-state index is 5.41. The zero-order chi connectivity index (χ0) is 72.3. The van der Waals surface area contributed by atoms with E-state index >= 15 is 0 Å². The highest BCUT2D eigenvalue weighted by molar-refractivity contribution is 6.13. The predicted octanol–water partition coefficient (Wildman–Crippen LogP) is 25.5. The van der Waals surface area contributed by atoms with Crippen molar-refractivity contribution in [2.45, 2.75) is 27.7 Å². The van der Waals surface area contributed by atoms with E-state index in [1.165, 1.54) is 22.3 Å². The van der Waals surface area contributed by atoms with Crippen LogP contribution in [-0.4, -0.2) is 39.0 Å². The molecule has 0 fully saturated rings. The molecule has 0 aliphatic rings. The summed E-state index contributed by atoms with van der Waals surface area (Å²) in [6.07, 6.45) is 0. The molecule has 0 saturated carbocycles. The molecule has 4 heterocycles. The first-order chi connectivity index (χ1) is 53.1. The van der Waals surface area contributed by atoms with Gasteiger partial charge in [0.25, 0.3) is 0 Å². The zero-order valence-electron chi connectivity index (χ0n) is 60.1. The van der Waals surface area contributed by atoms with Gasteiger partial charge in [0.15, 0.2) is 34.9 Å². The SMILES string of the molecule is Cc1ccc(-c2ccc3c(c2)c2cc(-c4ccc(C)cc4)ccc2n3-c2cc(-c3cccc(-c4cc(-c5nc(-c6ccccc6)nc(-c6ccccc6)n5)cc(-n5c6ccc(-c7ccc(C)cc7)cc6c6cc(-c7ccc(C)cc7)ccc65)c4)c3)cc(-c3nc(-c4ccccc4)nc(-c4ccccc4)n3)c2)cc1. The lowest BCUT2D eigenvalue weighted by atomic mass is 9.95. The molecular formula is C100H70N8. The van der Waals surface area contributed by atoms with Gasteiger partial charge in [-0.2, -0.15) is 0 Å². The van der Waals surface area contributed by atoms with Crippen molar-refractivity contribution in [2.24, 2.45) is 0 Å². The van der Waals surface area contributed by atoms with Crippen LogP contribution in [0.15, 0.2) is 352 Å². The van der Waals surface area contributed by atoms with E-state index < -0.39 is 0 Å². The van der Waals surface area contributed by atoms with E-state index in [1.807, 2.05) is 72.8 Å². The van der Waals surface area contributed by atoms with E-state index in [0.29, 0.717) is 34.9 Å². The minimum absolute atomic E-state index is 0.550. The van der Waals surface area contributed by atoms with Crippen LogP contribution in [0, 0.1) is 27.7 Å². The first kappa shape index (κ1) is 64.7. The highest BCUT2D eigenvalue weighted by Gasteiger charge is 2.23. The summed E-state index contributed by atoms with van der Waals surface area (Å²) < 4.78 is 4.85. The van der Waals surface area contributed by atoms with Crippen molar-refractivity contribution < 1.29 is 0 Å². The molecule has 0 saturated heterocycles. The van der Waals surface area contributed by atoms with E-state index in [0.717, 1.165) is 155 Å². The maximum atomic E-state index is 5.41. The fraction of sp³-hybridized carbons (Fsp3) is 0.0400. The second-order valence-corrected chi connectivity index (χ2v) is 28.3. The summed E-state index contributed by atoms with van der Waals surface area (Å²) in [7, 11) is 0. The predicted molar refractivity (Wildman–Crippen MR) is 446 cm³/mol. The summed E-state index contributed by atoms with van der Waals surface area (Å²) in [6, 6.07) is 126. The fourth-order valence-electron chi connectivity index (χ4n) is 15.1. The van der Waals surface area contributed by atoms with Crippen LogP contribution in [0.3, 0.4) is 0 Å². The quantitative estimate of drug-likeness (QED) is 0.108. The van der Waals surface area contributed by atoms with E-state index in [9.17, 15) is 0 Å². The van der Waals surface area contributed by atoms with Crippen LogP contribution in [-0.2, 0) is 0 Å². The Kier molecular flexibility index (Phi) is 16.3. The second-order valence-electron chi connectivity index (χ2n) is 28.3. The van der Waals surface area contributed by atoms with Crippen LogP contribution in [0.1, 0.15) is 22.3 Å². The number of benzene rings is 15. The van der Waals surface area contributed by atoms with Gasteiger partial charge in [-0.1, -0.05) is 283 Å². The van der Waals surface area contributed by atoms with Gasteiger partial charge in [-0.15, -0.1) is 0 Å². The minimum atomic E-state index is 0.550. The third kappa shape index (κ3) is 12.4. The second kappa shape index (κ2) is 27.2. The van der Waals surface area contributed by atoms with E-state index in [1.54, 1.807) is 0 Å². The van der Waals surface area contributed by atoms with Gasteiger partial charge in [-0.25, -0.2) is 29.9 Å². The molecule has 0 unspecified atom stereocenters. The number of hydrogen-bond acceptors (Lipinski definition) is 6. The van der Waals surface area contributed by atoms with E-state index in [-0.39, 0.29) is 0 Å². The van der Waals surface area contributed by atoms with Crippen LogP contribution in [0.2, 0.25) is 0 Å². The normalized spacial score (nSPS) is 11.5. The van der Waals surface area contributed by atoms with Crippen LogP contribution in [0.25, 0.3) is 190 Å². The number of aromatic nitrogens is 8. The summed E-state index contributed by atoms with van der Waals surface area (Å²) >= 11 is 0. The average Bonchev–Trinajstić information content (AvgIpc) is 1.58. The van der Waals surface area contributed by atoms with Crippen LogP contribution < -0.4 is 0 Å². The Morgan fingerprint density at radius 3 is 0.620 bits per heavy atom. The van der Waals surface area contributed by atoms with Crippen LogP contribution in [0.5, 0.6) is 0 Å². The lowest BCUT2D eigenvalue weighted by molar-refractivity contribution is 1.07. The Balaban J connectivity index is 0.849. The molecule has 0 spiro atoms. The number of rotatable bonds is 14. The molecular weight excluding hydrogens is 1310 g/mol. The highest BCUT2D eigenvalue weighted by atomic mass is 15.1. The number of nitrogens with zero attached hydrogens (tertiary/aromatic N) is 8. The molecule has 510 valence electrons. The van der Waals surface area contributed by atoms with Crippen molar-refractivity contribution in [3.8, 4) is 146 Å². The third-order valence-electron chi connectivity index (χ3n) is 20.9. The Morgan fingerprint density at radius 2 is 0.361 bits per heavy atom. The molecule has 19 rings (SSSR count). The molecule has 0 atom stereocenters. The molecule has 0 N–H and O–H groups in total. The molecule has 19 aromatic rings. The maximum Gasteiger partial charge on any atom is 0.164 e. The monoisotopic (exact) mass is 1380 g/mol. The third-order valence-corrected chi connectivity index (χ3v) is 20.9. The van der Waals surface area contributed by atoms with Gasteiger partial charge in [0.2, 0.25) is 0 Å². The molecule has 0 radical (unpaired) electrons.